The van der Waals surface area contributed by atoms with Crippen molar-refractivity contribution in [3.63, 3.8) is 0 Å². The van der Waals surface area contributed by atoms with Crippen LogP contribution in [0.1, 0.15) is 42.5 Å². The Balaban J connectivity index is 1.75. The molecule has 0 saturated carbocycles. The van der Waals surface area contributed by atoms with Crippen molar-refractivity contribution in [2.45, 2.75) is 25.8 Å². The van der Waals surface area contributed by atoms with Crippen molar-refractivity contribution in [3.8, 4) is 11.5 Å². The molecule has 1 atom stereocenters. The number of carbonyl (C=O) groups is 2. The molecule has 5 rings (SSSR count). The van der Waals surface area contributed by atoms with Gasteiger partial charge in [0.2, 0.25) is 0 Å². The summed E-state index contributed by atoms with van der Waals surface area (Å²) in [6, 6.07) is 24.2. The van der Waals surface area contributed by atoms with Crippen LogP contribution in [0.15, 0.2) is 90.5 Å². The smallest absolute Gasteiger partial charge is 0.300 e. The molecule has 0 bridgehead atoms. The molecule has 0 aromatic heterocycles. The second-order valence-corrected chi connectivity index (χ2v) is 9.37. The standard InChI is InChI=1S/C31H27NO5/c1-18(2)19-11-14-22(15-12-19)32-28(21-13-16-26(37-3)25(33)17-21)27(30(35)31(32)36)29(34)24-10-6-8-20-7-4-5-9-23(20)24/h4-18,28,33-34H,1-3H3/b29-27-. The van der Waals surface area contributed by atoms with E-state index in [1.807, 2.05) is 42.5 Å². The van der Waals surface area contributed by atoms with Gasteiger partial charge in [-0.3, -0.25) is 14.5 Å². The van der Waals surface area contributed by atoms with Gasteiger partial charge in [0.15, 0.2) is 11.5 Å². The zero-order chi connectivity index (χ0) is 26.3. The minimum Gasteiger partial charge on any atom is -0.507 e. The number of nitrogens with zero attached hydrogens (tertiary/aromatic N) is 1. The summed E-state index contributed by atoms with van der Waals surface area (Å²) in [6.07, 6.45) is 0. The van der Waals surface area contributed by atoms with Crippen molar-refractivity contribution in [1.29, 1.82) is 0 Å². The van der Waals surface area contributed by atoms with Gasteiger partial charge in [-0.2, -0.15) is 0 Å². The highest BCUT2D eigenvalue weighted by Crippen LogP contribution is 2.44. The van der Waals surface area contributed by atoms with Crippen LogP contribution < -0.4 is 9.64 Å². The molecule has 1 aliphatic rings. The first-order valence-corrected chi connectivity index (χ1v) is 12.1. The van der Waals surface area contributed by atoms with E-state index >= 15 is 0 Å². The molecule has 1 heterocycles. The van der Waals surface area contributed by atoms with Gasteiger partial charge >= 0.3 is 0 Å². The van der Waals surface area contributed by atoms with Gasteiger partial charge in [-0.1, -0.05) is 74.5 Å². The maximum absolute atomic E-state index is 13.5. The Morgan fingerprint density at radius 3 is 2.30 bits per heavy atom. The molecular formula is C31H27NO5. The first kappa shape index (κ1) is 24.1. The Morgan fingerprint density at radius 1 is 0.919 bits per heavy atom. The van der Waals surface area contributed by atoms with Gasteiger partial charge in [-0.05, 0) is 52.1 Å². The first-order chi connectivity index (χ1) is 17.8. The van der Waals surface area contributed by atoms with Crippen molar-refractivity contribution in [2.75, 3.05) is 12.0 Å². The molecule has 1 fully saturated rings. The minimum atomic E-state index is -0.958. The Hall–Kier alpha value is -4.58. The highest BCUT2D eigenvalue weighted by Gasteiger charge is 2.47. The van der Waals surface area contributed by atoms with Crippen molar-refractivity contribution in [1.82, 2.24) is 0 Å². The second-order valence-electron chi connectivity index (χ2n) is 9.37. The SMILES string of the molecule is COc1ccc(C2/C(=C(/O)c3cccc4ccccc34)C(=O)C(=O)N2c2ccc(C(C)C)cc2)cc1O. The van der Waals surface area contributed by atoms with Gasteiger partial charge in [0.1, 0.15) is 5.76 Å². The van der Waals surface area contributed by atoms with Gasteiger partial charge < -0.3 is 14.9 Å². The minimum absolute atomic E-state index is 0.0427. The average Bonchev–Trinajstić information content (AvgIpc) is 3.18. The summed E-state index contributed by atoms with van der Waals surface area (Å²) in [5.41, 5.74) is 2.48. The molecule has 6 nitrogen and oxygen atoms in total. The molecule has 6 heteroatoms. The predicted molar refractivity (Wildman–Crippen MR) is 144 cm³/mol. The van der Waals surface area contributed by atoms with E-state index in [9.17, 15) is 19.8 Å². The van der Waals surface area contributed by atoms with Crippen LogP contribution in [0.4, 0.5) is 5.69 Å². The lowest BCUT2D eigenvalue weighted by molar-refractivity contribution is -0.132. The van der Waals surface area contributed by atoms with E-state index in [0.717, 1.165) is 16.3 Å². The number of rotatable bonds is 5. The largest absolute Gasteiger partial charge is 0.507 e. The van der Waals surface area contributed by atoms with Crippen LogP contribution in [0.2, 0.25) is 0 Å². The highest BCUT2D eigenvalue weighted by atomic mass is 16.5. The lowest BCUT2D eigenvalue weighted by atomic mass is 9.93. The molecule has 2 N–H and O–H groups in total. The van der Waals surface area contributed by atoms with Crippen molar-refractivity contribution < 1.29 is 24.5 Å². The summed E-state index contributed by atoms with van der Waals surface area (Å²) in [5.74, 6) is -1.39. The molecular weight excluding hydrogens is 466 g/mol. The van der Waals surface area contributed by atoms with Gasteiger partial charge in [0.25, 0.3) is 11.7 Å². The lowest BCUT2D eigenvalue weighted by Crippen LogP contribution is -2.29. The van der Waals surface area contributed by atoms with Crippen LogP contribution >= 0.6 is 0 Å². The van der Waals surface area contributed by atoms with Crippen LogP contribution in [0.25, 0.3) is 16.5 Å². The summed E-state index contributed by atoms with van der Waals surface area (Å²) in [7, 11) is 1.44. The van der Waals surface area contributed by atoms with E-state index in [1.54, 1.807) is 36.4 Å². The van der Waals surface area contributed by atoms with Crippen molar-refractivity contribution >= 4 is 33.9 Å². The highest BCUT2D eigenvalue weighted by molar-refractivity contribution is 6.51. The molecule has 0 spiro atoms. The number of hydrogen-bond donors (Lipinski definition) is 2. The van der Waals surface area contributed by atoms with Crippen LogP contribution in [0, 0.1) is 0 Å². The number of aromatic hydroxyl groups is 1. The number of ketones is 1. The number of Topliss-reactive ketones (excluding diaryl/α,β-unsaturated/α-hetero) is 1. The normalized spacial score (nSPS) is 17.1. The molecule has 0 radical (unpaired) electrons. The third kappa shape index (κ3) is 4.10. The summed E-state index contributed by atoms with van der Waals surface area (Å²) in [4.78, 5) is 28.4. The predicted octanol–water partition coefficient (Wildman–Crippen LogP) is 6.30. The summed E-state index contributed by atoms with van der Waals surface area (Å²) >= 11 is 0. The van der Waals surface area contributed by atoms with Crippen molar-refractivity contribution in [3.05, 3.63) is 107 Å². The molecule has 1 amide bonds. The number of anilines is 1. The number of fused-ring (bicyclic) bond motifs is 1. The monoisotopic (exact) mass is 493 g/mol. The second kappa shape index (κ2) is 9.47. The number of phenolic OH excluding ortho intramolecular Hbond substituents is 1. The molecule has 4 aromatic rings. The van der Waals surface area contributed by atoms with E-state index in [2.05, 4.69) is 13.8 Å². The Bertz CT molecular complexity index is 1550. The first-order valence-electron chi connectivity index (χ1n) is 12.1. The fraction of sp³-hybridized carbons (Fsp3) is 0.161. The Morgan fingerprint density at radius 2 is 1.62 bits per heavy atom. The van der Waals surface area contributed by atoms with E-state index in [4.69, 9.17) is 4.74 Å². The lowest BCUT2D eigenvalue weighted by Gasteiger charge is -2.26. The Kier molecular flexibility index (Phi) is 6.17. The van der Waals surface area contributed by atoms with E-state index in [-0.39, 0.29) is 22.8 Å². The molecule has 1 unspecified atom stereocenters. The number of aliphatic hydroxyl groups is 1. The maximum Gasteiger partial charge on any atom is 0.300 e. The van der Waals surface area contributed by atoms with Crippen LogP contribution in [-0.4, -0.2) is 29.0 Å². The van der Waals surface area contributed by atoms with E-state index in [1.165, 1.54) is 18.1 Å². The average molecular weight is 494 g/mol. The number of phenols is 1. The van der Waals surface area contributed by atoms with Crippen molar-refractivity contribution in [2.24, 2.45) is 0 Å². The number of ether oxygens (including phenoxy) is 1. The fourth-order valence-electron chi connectivity index (χ4n) is 4.89. The zero-order valence-corrected chi connectivity index (χ0v) is 20.8. The van der Waals surface area contributed by atoms with Gasteiger partial charge in [-0.15, -0.1) is 0 Å². The summed E-state index contributed by atoms with van der Waals surface area (Å²) < 4.78 is 5.18. The molecule has 1 aliphatic heterocycles. The quantitative estimate of drug-likeness (QED) is 0.193. The number of carbonyl (C=O) groups excluding carboxylic acids is 2. The fourth-order valence-corrected chi connectivity index (χ4v) is 4.89. The van der Waals surface area contributed by atoms with E-state index in [0.29, 0.717) is 22.7 Å². The third-order valence-electron chi connectivity index (χ3n) is 6.85. The molecule has 1 saturated heterocycles. The number of benzene rings is 4. The van der Waals surface area contributed by atoms with Crippen LogP contribution in [-0.2, 0) is 9.59 Å². The number of methoxy groups -OCH3 is 1. The number of aliphatic hydroxyl groups excluding tert-OH is 1. The molecule has 0 aliphatic carbocycles. The van der Waals surface area contributed by atoms with Crippen LogP contribution in [0.5, 0.6) is 11.5 Å². The third-order valence-corrected chi connectivity index (χ3v) is 6.85. The van der Waals surface area contributed by atoms with Gasteiger partial charge in [-0.25, -0.2) is 0 Å². The maximum atomic E-state index is 13.5. The van der Waals surface area contributed by atoms with Gasteiger partial charge in [0.05, 0.1) is 18.7 Å². The van der Waals surface area contributed by atoms with Gasteiger partial charge in [0, 0.05) is 11.3 Å². The molecule has 4 aromatic carbocycles. The summed E-state index contributed by atoms with van der Waals surface area (Å²) in [5, 5.41) is 23.8. The van der Waals surface area contributed by atoms with Crippen LogP contribution in [0.3, 0.4) is 0 Å². The molecule has 37 heavy (non-hydrogen) atoms. The number of hydrogen-bond acceptors (Lipinski definition) is 5. The topological polar surface area (TPSA) is 87.1 Å². The molecule has 186 valence electrons. The zero-order valence-electron chi connectivity index (χ0n) is 20.8. The number of amides is 1. The Labute approximate surface area is 215 Å². The van der Waals surface area contributed by atoms with E-state index < -0.39 is 17.7 Å². The summed E-state index contributed by atoms with van der Waals surface area (Å²) in [6.45, 7) is 4.15.